The average Bonchev–Trinajstić information content (AvgIpc) is 2.88. The predicted molar refractivity (Wildman–Crippen MR) is 92.3 cm³/mol. The molecule has 1 saturated heterocycles. The van der Waals surface area contributed by atoms with E-state index in [-0.39, 0.29) is 18.0 Å². The van der Waals surface area contributed by atoms with Crippen molar-refractivity contribution in [2.75, 3.05) is 13.6 Å². The van der Waals surface area contributed by atoms with Crippen molar-refractivity contribution in [3.8, 4) is 23.1 Å². The van der Waals surface area contributed by atoms with Crippen LogP contribution in [0.3, 0.4) is 0 Å². The molecule has 1 aromatic carbocycles. The number of hydrogen-bond acceptors (Lipinski definition) is 4. The van der Waals surface area contributed by atoms with Crippen LogP contribution in [0, 0.1) is 11.8 Å². The van der Waals surface area contributed by atoms with E-state index in [0.717, 1.165) is 5.56 Å². The van der Waals surface area contributed by atoms with Crippen LogP contribution in [0.4, 0.5) is 0 Å². The van der Waals surface area contributed by atoms with Gasteiger partial charge in [-0.05, 0) is 24.3 Å². The number of likely N-dealkylation sites (N-methyl/N-ethyl adjacent to an activating group) is 1. The maximum Gasteiger partial charge on any atom is 0.267 e. The van der Waals surface area contributed by atoms with Crippen molar-refractivity contribution in [2.24, 2.45) is 5.73 Å². The number of primary amides is 1. The quantitative estimate of drug-likeness (QED) is 0.793. The van der Waals surface area contributed by atoms with E-state index in [1.807, 2.05) is 6.07 Å². The summed E-state index contributed by atoms with van der Waals surface area (Å²) in [7, 11) is 1.64. The van der Waals surface area contributed by atoms with E-state index in [1.165, 1.54) is 4.90 Å². The lowest BCUT2D eigenvalue weighted by atomic mass is 10.0. The summed E-state index contributed by atoms with van der Waals surface area (Å²) in [4.78, 5) is 28.9. The summed E-state index contributed by atoms with van der Waals surface area (Å²) >= 11 is 0. The van der Waals surface area contributed by atoms with Crippen LogP contribution >= 0.6 is 0 Å². The Balaban J connectivity index is 1.91. The molecule has 0 bridgehead atoms. The zero-order valence-electron chi connectivity index (χ0n) is 13.7. The van der Waals surface area contributed by atoms with Crippen LogP contribution in [0.5, 0.6) is 0 Å². The predicted octanol–water partition coefficient (Wildman–Crippen LogP) is 0.792. The molecule has 1 fully saturated rings. The summed E-state index contributed by atoms with van der Waals surface area (Å²) < 4.78 is 0. The Morgan fingerprint density at radius 2 is 2.08 bits per heavy atom. The smallest absolute Gasteiger partial charge is 0.267 e. The zero-order chi connectivity index (χ0) is 18.0. The molecule has 1 aliphatic rings. The summed E-state index contributed by atoms with van der Waals surface area (Å²) in [5.74, 6) is 4.57. The third kappa shape index (κ3) is 3.37. The van der Waals surface area contributed by atoms with E-state index in [0.29, 0.717) is 17.8 Å². The van der Waals surface area contributed by atoms with Crippen molar-refractivity contribution in [3.63, 3.8) is 0 Å². The Morgan fingerprint density at radius 3 is 2.76 bits per heavy atom. The molecule has 0 aliphatic carbocycles. The molecular formula is C19H17N3O3. The van der Waals surface area contributed by atoms with Crippen molar-refractivity contribution >= 4 is 11.8 Å². The lowest BCUT2D eigenvalue weighted by Crippen LogP contribution is -2.37. The number of nitrogens with zero attached hydrogens (tertiary/aromatic N) is 2. The van der Waals surface area contributed by atoms with Crippen LogP contribution in [-0.2, 0) is 4.79 Å². The monoisotopic (exact) mass is 335 g/mol. The summed E-state index contributed by atoms with van der Waals surface area (Å²) in [6, 6.07) is 12.2. The first kappa shape index (κ1) is 16.7. The van der Waals surface area contributed by atoms with E-state index in [9.17, 15) is 14.7 Å². The van der Waals surface area contributed by atoms with Gasteiger partial charge in [-0.25, -0.2) is 4.98 Å². The molecule has 6 nitrogen and oxygen atoms in total. The number of aromatic nitrogens is 1. The summed E-state index contributed by atoms with van der Waals surface area (Å²) in [5.41, 5.74) is 5.80. The van der Waals surface area contributed by atoms with Crippen molar-refractivity contribution in [3.05, 3.63) is 53.7 Å². The molecule has 0 spiro atoms. The third-order valence-corrected chi connectivity index (χ3v) is 4.08. The number of likely N-dealkylation sites (tertiary alicyclic amines) is 1. The number of rotatable bonds is 2. The summed E-state index contributed by atoms with van der Waals surface area (Å²) in [6.45, 7) is 0.480. The largest absolute Gasteiger partial charge is 0.369 e. The molecule has 0 unspecified atom stereocenters. The lowest BCUT2D eigenvalue weighted by molar-refractivity contribution is -0.137. The first-order valence-electron chi connectivity index (χ1n) is 7.77. The molecule has 3 N–H and O–H groups in total. The molecule has 3 rings (SSSR count). The molecule has 1 aliphatic heterocycles. The van der Waals surface area contributed by atoms with Crippen LogP contribution in [0.2, 0.25) is 0 Å². The van der Waals surface area contributed by atoms with E-state index in [4.69, 9.17) is 5.73 Å². The van der Waals surface area contributed by atoms with E-state index >= 15 is 0 Å². The van der Waals surface area contributed by atoms with Gasteiger partial charge in [0.05, 0.1) is 5.69 Å². The Labute approximate surface area is 145 Å². The fraction of sp³-hybridized carbons (Fsp3) is 0.211. The fourth-order valence-electron chi connectivity index (χ4n) is 2.63. The zero-order valence-corrected chi connectivity index (χ0v) is 13.7. The molecule has 6 heteroatoms. The van der Waals surface area contributed by atoms with Gasteiger partial charge in [0.2, 0.25) is 5.60 Å². The maximum atomic E-state index is 12.0. The van der Waals surface area contributed by atoms with Crippen LogP contribution in [-0.4, -0.2) is 46.0 Å². The van der Waals surface area contributed by atoms with Crippen molar-refractivity contribution in [1.82, 2.24) is 9.88 Å². The van der Waals surface area contributed by atoms with Crippen LogP contribution in [0.15, 0.2) is 42.5 Å². The molecule has 2 heterocycles. The molecular weight excluding hydrogens is 318 g/mol. The average molecular weight is 335 g/mol. The minimum Gasteiger partial charge on any atom is -0.369 e. The molecule has 2 amide bonds. The molecule has 0 saturated carbocycles. The number of carbonyl (C=O) groups excluding carboxylic acids is 2. The molecule has 126 valence electrons. The summed E-state index contributed by atoms with van der Waals surface area (Å²) in [5, 5.41) is 10.3. The minimum atomic E-state index is -1.63. The molecule has 2 aromatic rings. The van der Waals surface area contributed by atoms with Crippen molar-refractivity contribution in [2.45, 2.75) is 12.0 Å². The highest BCUT2D eigenvalue weighted by atomic mass is 16.3. The number of pyridine rings is 1. The Kier molecular flexibility index (Phi) is 4.26. The first-order valence-corrected chi connectivity index (χ1v) is 7.77. The first-order chi connectivity index (χ1) is 11.9. The van der Waals surface area contributed by atoms with Crippen LogP contribution in [0.25, 0.3) is 11.3 Å². The number of nitrogens with two attached hydrogens (primary N) is 1. The van der Waals surface area contributed by atoms with Gasteiger partial charge in [-0.15, -0.1) is 0 Å². The fourth-order valence-corrected chi connectivity index (χ4v) is 2.63. The third-order valence-electron chi connectivity index (χ3n) is 4.08. The van der Waals surface area contributed by atoms with E-state index in [2.05, 4.69) is 16.8 Å². The highest BCUT2D eigenvalue weighted by Gasteiger charge is 2.42. The van der Waals surface area contributed by atoms with Crippen LogP contribution < -0.4 is 5.73 Å². The van der Waals surface area contributed by atoms with Crippen molar-refractivity contribution < 1.29 is 14.7 Å². The standard InChI is InChI=1S/C19H17N3O3/c1-22-11-10-19(25,18(22)24)9-8-13-4-2-5-14(12-13)15-6-3-7-16(21-15)17(20)23/h2-7,12,25H,10-11H2,1H3,(H2,20,23)/t19-/m0/s1. The van der Waals surface area contributed by atoms with E-state index < -0.39 is 11.5 Å². The second-order valence-corrected chi connectivity index (χ2v) is 5.94. The Hall–Kier alpha value is -3.17. The number of hydrogen-bond donors (Lipinski definition) is 2. The van der Waals surface area contributed by atoms with Crippen molar-refractivity contribution in [1.29, 1.82) is 0 Å². The highest BCUT2D eigenvalue weighted by molar-refractivity contribution is 5.91. The number of aliphatic hydroxyl groups is 1. The van der Waals surface area contributed by atoms with Gasteiger partial charge in [-0.3, -0.25) is 9.59 Å². The van der Waals surface area contributed by atoms with Gasteiger partial charge in [0.1, 0.15) is 5.69 Å². The normalized spacial score (nSPS) is 19.4. The maximum absolute atomic E-state index is 12.0. The summed E-state index contributed by atoms with van der Waals surface area (Å²) in [6.07, 6.45) is 0.289. The van der Waals surface area contributed by atoms with Gasteiger partial charge in [0.15, 0.2) is 0 Å². The second-order valence-electron chi connectivity index (χ2n) is 5.94. The van der Waals surface area contributed by atoms with Gasteiger partial charge < -0.3 is 15.7 Å². The second kappa shape index (κ2) is 6.38. The van der Waals surface area contributed by atoms with Crippen LogP contribution in [0.1, 0.15) is 22.5 Å². The van der Waals surface area contributed by atoms with Gasteiger partial charge in [0, 0.05) is 31.1 Å². The highest BCUT2D eigenvalue weighted by Crippen LogP contribution is 2.22. The van der Waals surface area contributed by atoms with Gasteiger partial charge in [-0.2, -0.15) is 0 Å². The lowest BCUT2D eigenvalue weighted by Gasteiger charge is -2.13. The molecule has 0 radical (unpaired) electrons. The van der Waals surface area contributed by atoms with Gasteiger partial charge in [0.25, 0.3) is 11.8 Å². The Morgan fingerprint density at radius 1 is 1.32 bits per heavy atom. The molecule has 1 aromatic heterocycles. The van der Waals surface area contributed by atoms with E-state index in [1.54, 1.807) is 43.4 Å². The Bertz CT molecular complexity index is 913. The van der Waals surface area contributed by atoms with Gasteiger partial charge >= 0.3 is 0 Å². The molecule has 25 heavy (non-hydrogen) atoms. The minimum absolute atomic E-state index is 0.183. The number of amides is 2. The topological polar surface area (TPSA) is 96.5 Å². The molecule has 1 atom stereocenters. The number of carbonyl (C=O) groups is 2. The van der Waals surface area contributed by atoms with Gasteiger partial charge in [-0.1, -0.05) is 30.0 Å². The number of benzene rings is 1. The SMILES string of the molecule is CN1CC[C@@](O)(C#Cc2cccc(-c3cccc(C(N)=O)n3)c2)C1=O.